The monoisotopic (exact) mass is 466 g/mol. The number of anilines is 1. The van der Waals surface area contributed by atoms with E-state index in [2.05, 4.69) is 23.4 Å². The molecule has 0 aliphatic carbocycles. The van der Waals surface area contributed by atoms with Crippen molar-refractivity contribution in [3.8, 4) is 0 Å². The molecular weight excluding hydrogens is 439 g/mol. The quantitative estimate of drug-likeness (QED) is 0.295. The molecule has 0 radical (unpaired) electrons. The molecule has 0 saturated carbocycles. The predicted octanol–water partition coefficient (Wildman–Crippen LogP) is 5.95. The molecule has 0 amide bonds. The van der Waals surface area contributed by atoms with E-state index < -0.39 is 11.2 Å². The van der Waals surface area contributed by atoms with Crippen molar-refractivity contribution in [1.82, 2.24) is 14.5 Å². The Morgan fingerprint density at radius 2 is 1.97 bits per heavy atom. The first-order valence-corrected chi connectivity index (χ1v) is 12.4. The Balaban J connectivity index is 1.62. The van der Waals surface area contributed by atoms with E-state index >= 15 is 0 Å². The summed E-state index contributed by atoms with van der Waals surface area (Å²) in [5, 5.41) is 1.02. The molecule has 8 heteroatoms. The zero-order chi connectivity index (χ0) is 21.7. The first-order chi connectivity index (χ1) is 14.4. The van der Waals surface area contributed by atoms with Crippen LogP contribution in [0.15, 0.2) is 29.3 Å². The van der Waals surface area contributed by atoms with Crippen molar-refractivity contribution in [1.29, 1.82) is 0 Å². The van der Waals surface area contributed by atoms with Crippen LogP contribution in [-0.4, -0.2) is 24.8 Å². The molecule has 0 spiro atoms. The zero-order valence-electron chi connectivity index (χ0n) is 17.5. The fourth-order valence-electron chi connectivity index (χ4n) is 3.58. The number of nitrogens with zero attached hydrogens (tertiary/aromatic N) is 3. The maximum Gasteiger partial charge on any atom is 0.171 e. The van der Waals surface area contributed by atoms with E-state index in [0.717, 1.165) is 67.5 Å². The minimum atomic E-state index is -1.12. The Bertz CT molecular complexity index is 1010. The normalized spacial score (nSPS) is 12.6. The largest absolute Gasteiger partial charge is 0.611 e. The number of aromatic nitrogens is 3. The van der Waals surface area contributed by atoms with Gasteiger partial charge in [0.15, 0.2) is 10.7 Å². The van der Waals surface area contributed by atoms with Gasteiger partial charge in [-0.15, -0.1) is 0 Å². The summed E-state index contributed by atoms with van der Waals surface area (Å²) in [7, 11) is 0. The summed E-state index contributed by atoms with van der Waals surface area (Å²) in [6.07, 6.45) is 7.79. The molecule has 162 valence electrons. The lowest BCUT2D eigenvalue weighted by molar-refractivity contribution is 0.569. The second kappa shape index (κ2) is 10.7. The number of hydrogen-bond donors (Lipinski definition) is 1. The van der Waals surface area contributed by atoms with Gasteiger partial charge in [0.1, 0.15) is 17.1 Å². The topological polar surface area (TPSA) is 79.8 Å². The molecule has 1 atom stereocenters. The molecule has 0 aliphatic heterocycles. The van der Waals surface area contributed by atoms with Gasteiger partial charge in [0.05, 0.1) is 10.5 Å². The lowest BCUT2D eigenvalue weighted by Gasteiger charge is -2.13. The van der Waals surface area contributed by atoms with Crippen LogP contribution in [0.3, 0.4) is 0 Å². The predicted molar refractivity (Wildman–Crippen MR) is 127 cm³/mol. The molecule has 30 heavy (non-hydrogen) atoms. The number of nitrogen functional groups attached to an aromatic ring is 1. The number of benzene rings is 1. The molecule has 1 unspecified atom stereocenters. The van der Waals surface area contributed by atoms with Gasteiger partial charge >= 0.3 is 0 Å². The van der Waals surface area contributed by atoms with E-state index in [1.807, 2.05) is 6.20 Å². The fraction of sp³-hybridized carbons (Fsp3) is 0.455. The van der Waals surface area contributed by atoms with E-state index in [1.54, 1.807) is 18.2 Å². The molecule has 0 saturated heterocycles. The molecule has 0 bridgehead atoms. The average molecular weight is 467 g/mol. The lowest BCUT2D eigenvalue weighted by Crippen LogP contribution is -2.09. The van der Waals surface area contributed by atoms with Crippen LogP contribution in [-0.2, 0) is 24.1 Å². The van der Waals surface area contributed by atoms with Crippen molar-refractivity contribution in [2.75, 3.05) is 11.5 Å². The second-order valence-electron chi connectivity index (χ2n) is 7.49. The number of hydrogen-bond acceptors (Lipinski definition) is 4. The van der Waals surface area contributed by atoms with Crippen LogP contribution in [0.2, 0.25) is 10.0 Å². The Morgan fingerprint density at radius 3 is 2.70 bits per heavy atom. The minimum Gasteiger partial charge on any atom is -0.611 e. The van der Waals surface area contributed by atoms with Gasteiger partial charge in [-0.25, -0.2) is 9.97 Å². The number of fused-ring (bicyclic) bond motifs is 1. The summed E-state index contributed by atoms with van der Waals surface area (Å²) in [6, 6.07) is 5.12. The van der Waals surface area contributed by atoms with Crippen LogP contribution < -0.4 is 5.73 Å². The zero-order valence-corrected chi connectivity index (χ0v) is 19.8. The highest BCUT2D eigenvalue weighted by atomic mass is 35.5. The van der Waals surface area contributed by atoms with Gasteiger partial charge < -0.3 is 14.9 Å². The van der Waals surface area contributed by atoms with E-state index in [9.17, 15) is 4.55 Å². The summed E-state index contributed by atoms with van der Waals surface area (Å²) in [4.78, 5) is 9.71. The van der Waals surface area contributed by atoms with Crippen molar-refractivity contribution in [2.45, 2.75) is 63.8 Å². The third-order valence-electron chi connectivity index (χ3n) is 5.16. The lowest BCUT2D eigenvalue weighted by atomic mass is 10.2. The van der Waals surface area contributed by atoms with Gasteiger partial charge in [-0.1, -0.05) is 36.5 Å². The first-order valence-electron chi connectivity index (χ1n) is 10.4. The SMILES string of the molecule is CCCCc1nc2c(N)ncc(C)c2n1CCCCC[S+]([O-])c1ccc(Cl)cc1Cl. The number of imidazole rings is 1. The van der Waals surface area contributed by atoms with Gasteiger partial charge in [-0.05, 0) is 67.5 Å². The van der Waals surface area contributed by atoms with Crippen LogP contribution in [0.1, 0.15) is 50.4 Å². The summed E-state index contributed by atoms with van der Waals surface area (Å²) in [5.41, 5.74) is 9.07. The summed E-state index contributed by atoms with van der Waals surface area (Å²) >= 11 is 11.0. The van der Waals surface area contributed by atoms with E-state index in [0.29, 0.717) is 26.5 Å². The molecule has 3 aromatic rings. The fourth-order valence-corrected chi connectivity index (χ4v) is 5.43. The van der Waals surface area contributed by atoms with Crippen LogP contribution in [0, 0.1) is 6.92 Å². The van der Waals surface area contributed by atoms with Gasteiger partial charge in [0.25, 0.3) is 0 Å². The summed E-state index contributed by atoms with van der Waals surface area (Å²) in [6.45, 7) is 5.10. The molecule has 0 fully saturated rings. The summed E-state index contributed by atoms with van der Waals surface area (Å²) < 4.78 is 14.8. The molecular formula is C22H28Cl2N4OS. The minimum absolute atomic E-state index is 0.466. The van der Waals surface area contributed by atoms with Crippen LogP contribution in [0.5, 0.6) is 0 Å². The number of pyridine rings is 1. The third kappa shape index (κ3) is 5.41. The molecule has 2 aromatic heterocycles. The number of halogens is 2. The van der Waals surface area contributed by atoms with Crippen molar-refractivity contribution in [3.63, 3.8) is 0 Å². The Morgan fingerprint density at radius 1 is 1.17 bits per heavy atom. The first kappa shape index (κ1) is 23.2. The Kier molecular flexibility index (Phi) is 8.28. The maximum absolute atomic E-state index is 12.5. The smallest absolute Gasteiger partial charge is 0.171 e. The van der Waals surface area contributed by atoms with E-state index in [1.165, 1.54) is 0 Å². The number of unbranched alkanes of at least 4 members (excludes halogenated alkanes) is 3. The number of nitrogens with two attached hydrogens (primary N) is 1. The molecule has 5 nitrogen and oxygen atoms in total. The van der Waals surface area contributed by atoms with Gasteiger partial charge in [0.2, 0.25) is 0 Å². The molecule has 0 aliphatic rings. The van der Waals surface area contributed by atoms with Crippen molar-refractivity contribution in [3.05, 3.63) is 45.8 Å². The number of aryl methyl sites for hydroxylation is 3. The van der Waals surface area contributed by atoms with Crippen molar-refractivity contribution in [2.24, 2.45) is 0 Å². The molecule has 1 aromatic carbocycles. The van der Waals surface area contributed by atoms with Crippen molar-refractivity contribution < 1.29 is 4.55 Å². The van der Waals surface area contributed by atoms with Crippen molar-refractivity contribution >= 4 is 51.2 Å². The average Bonchev–Trinajstić information content (AvgIpc) is 3.08. The molecule has 2 N–H and O–H groups in total. The Labute approximate surface area is 191 Å². The molecule has 2 heterocycles. The van der Waals surface area contributed by atoms with Crippen LogP contribution in [0.4, 0.5) is 5.82 Å². The van der Waals surface area contributed by atoms with Gasteiger partial charge in [-0.3, -0.25) is 0 Å². The maximum atomic E-state index is 12.5. The Hall–Kier alpha value is -1.47. The molecule has 3 rings (SSSR count). The highest BCUT2D eigenvalue weighted by Gasteiger charge is 2.17. The van der Waals surface area contributed by atoms with Gasteiger partial charge in [-0.2, -0.15) is 0 Å². The summed E-state index contributed by atoms with van der Waals surface area (Å²) in [5.74, 6) is 2.15. The third-order valence-corrected chi connectivity index (χ3v) is 7.33. The highest BCUT2D eigenvalue weighted by molar-refractivity contribution is 7.91. The van der Waals surface area contributed by atoms with Gasteiger partial charge in [0, 0.05) is 24.2 Å². The van der Waals surface area contributed by atoms with Crippen LogP contribution in [0.25, 0.3) is 11.0 Å². The van der Waals surface area contributed by atoms with E-state index in [-0.39, 0.29) is 0 Å². The number of rotatable bonds is 10. The van der Waals surface area contributed by atoms with E-state index in [4.69, 9.17) is 33.9 Å². The standard InChI is InChI=1S/C22H28Cl2N4OS/c1-3-4-8-19-27-20-21(15(2)14-26-22(20)25)28(19)11-6-5-7-12-30(29)18-10-9-16(23)13-17(18)24/h9-10,13-14H,3-8,11-12H2,1-2H3,(H2,25,26). The second-order valence-corrected chi connectivity index (χ2v) is 9.87. The highest BCUT2D eigenvalue weighted by Crippen LogP contribution is 2.27. The van der Waals surface area contributed by atoms with Crippen LogP contribution >= 0.6 is 23.2 Å².